The zero-order valence-electron chi connectivity index (χ0n) is 19.7. The van der Waals surface area contributed by atoms with Crippen molar-refractivity contribution in [1.29, 1.82) is 0 Å². The van der Waals surface area contributed by atoms with Gasteiger partial charge in [0.25, 0.3) is 11.8 Å². The SMILES string of the molecule is O=C1NC(=S)N(c2cccc(C(=O)O)c2)C(=O)C1=Cc1c(OCc2ccc(Br)cc2)ccc2ccccc12. The van der Waals surface area contributed by atoms with Crippen LogP contribution in [0.15, 0.2) is 95.0 Å². The Morgan fingerprint density at radius 3 is 2.53 bits per heavy atom. The molecule has 7 nitrogen and oxygen atoms in total. The van der Waals surface area contributed by atoms with Gasteiger partial charge >= 0.3 is 5.97 Å². The van der Waals surface area contributed by atoms with Crippen molar-refractivity contribution in [1.82, 2.24) is 5.32 Å². The van der Waals surface area contributed by atoms with Gasteiger partial charge < -0.3 is 9.84 Å². The van der Waals surface area contributed by atoms with Gasteiger partial charge in [-0.2, -0.15) is 0 Å². The summed E-state index contributed by atoms with van der Waals surface area (Å²) in [7, 11) is 0. The number of aromatic carboxylic acids is 1. The van der Waals surface area contributed by atoms with Gasteiger partial charge in [-0.05, 0) is 71.0 Å². The van der Waals surface area contributed by atoms with Gasteiger partial charge in [-0.3, -0.25) is 19.8 Å². The van der Waals surface area contributed by atoms with E-state index in [1.807, 2.05) is 54.6 Å². The fourth-order valence-corrected chi connectivity index (χ4v) is 4.65. The first kappa shape index (κ1) is 25.3. The monoisotopic (exact) mass is 586 g/mol. The molecule has 0 aromatic heterocycles. The minimum Gasteiger partial charge on any atom is -0.488 e. The van der Waals surface area contributed by atoms with E-state index in [2.05, 4.69) is 21.2 Å². The molecule has 0 radical (unpaired) electrons. The summed E-state index contributed by atoms with van der Waals surface area (Å²) < 4.78 is 7.10. The van der Waals surface area contributed by atoms with Gasteiger partial charge in [-0.1, -0.05) is 64.5 Å². The van der Waals surface area contributed by atoms with Crippen LogP contribution in [0.25, 0.3) is 16.8 Å². The molecule has 2 N–H and O–H groups in total. The number of carboxylic acid groups (broad SMARTS) is 1. The lowest BCUT2D eigenvalue weighted by atomic mass is 9.99. The molecule has 4 aromatic rings. The Balaban J connectivity index is 1.57. The molecule has 1 heterocycles. The van der Waals surface area contributed by atoms with Crippen molar-refractivity contribution in [2.75, 3.05) is 4.90 Å². The Kier molecular flexibility index (Phi) is 7.04. The summed E-state index contributed by atoms with van der Waals surface area (Å²) >= 11 is 8.69. The van der Waals surface area contributed by atoms with E-state index in [4.69, 9.17) is 17.0 Å². The van der Waals surface area contributed by atoms with E-state index >= 15 is 0 Å². The zero-order valence-corrected chi connectivity index (χ0v) is 22.1. The first-order valence-electron chi connectivity index (χ1n) is 11.5. The number of anilines is 1. The Bertz CT molecular complexity index is 1650. The van der Waals surface area contributed by atoms with Crippen molar-refractivity contribution in [3.05, 3.63) is 112 Å². The van der Waals surface area contributed by atoms with Crippen molar-refractivity contribution in [2.24, 2.45) is 0 Å². The molecule has 0 spiro atoms. The first-order valence-corrected chi connectivity index (χ1v) is 12.7. The van der Waals surface area contributed by atoms with Gasteiger partial charge in [-0.15, -0.1) is 0 Å². The van der Waals surface area contributed by atoms with Crippen molar-refractivity contribution < 1.29 is 24.2 Å². The number of halogens is 1. The van der Waals surface area contributed by atoms with Crippen LogP contribution in [-0.2, 0) is 16.2 Å². The number of ether oxygens (including phenoxy) is 1. The molecule has 0 bridgehead atoms. The molecule has 1 aliphatic heterocycles. The van der Waals surface area contributed by atoms with Gasteiger partial charge in [0.05, 0.1) is 11.3 Å². The van der Waals surface area contributed by atoms with E-state index in [9.17, 15) is 19.5 Å². The predicted octanol–water partition coefficient (Wildman–Crippen LogP) is 5.71. The van der Waals surface area contributed by atoms with Crippen LogP contribution in [0, 0.1) is 0 Å². The van der Waals surface area contributed by atoms with Gasteiger partial charge in [0.15, 0.2) is 5.11 Å². The maximum atomic E-state index is 13.6. The number of nitrogens with one attached hydrogen (secondary N) is 1. The number of hydrogen-bond donors (Lipinski definition) is 2. The molecule has 0 unspecified atom stereocenters. The van der Waals surface area contributed by atoms with Crippen molar-refractivity contribution in [3.8, 4) is 5.75 Å². The highest BCUT2D eigenvalue weighted by atomic mass is 79.9. The second kappa shape index (κ2) is 10.6. The molecule has 4 aromatic carbocycles. The molecule has 1 aliphatic rings. The summed E-state index contributed by atoms with van der Waals surface area (Å²) in [5, 5.41) is 13.5. The highest BCUT2D eigenvalue weighted by molar-refractivity contribution is 9.10. The first-order chi connectivity index (χ1) is 18.3. The normalized spacial score (nSPS) is 14.6. The summed E-state index contributed by atoms with van der Waals surface area (Å²) in [6, 6.07) is 24.8. The molecular weight excluding hydrogens is 568 g/mol. The number of nitrogens with zero attached hydrogens (tertiary/aromatic N) is 1. The third kappa shape index (κ3) is 5.06. The molecule has 188 valence electrons. The van der Waals surface area contributed by atoms with E-state index in [1.165, 1.54) is 24.3 Å². The van der Waals surface area contributed by atoms with Crippen LogP contribution in [-0.4, -0.2) is 28.0 Å². The lowest BCUT2D eigenvalue weighted by Gasteiger charge is -2.29. The van der Waals surface area contributed by atoms with Crippen molar-refractivity contribution in [2.45, 2.75) is 6.61 Å². The summed E-state index contributed by atoms with van der Waals surface area (Å²) in [6.45, 7) is 0.278. The van der Waals surface area contributed by atoms with E-state index < -0.39 is 17.8 Å². The number of carbonyl (C=O) groups excluding carboxylic acids is 2. The largest absolute Gasteiger partial charge is 0.488 e. The zero-order chi connectivity index (χ0) is 26.8. The van der Waals surface area contributed by atoms with Crippen molar-refractivity contribution in [3.63, 3.8) is 0 Å². The molecule has 38 heavy (non-hydrogen) atoms. The lowest BCUT2D eigenvalue weighted by Crippen LogP contribution is -2.54. The molecule has 1 fully saturated rings. The summed E-state index contributed by atoms with van der Waals surface area (Å²) in [5.74, 6) is -1.98. The lowest BCUT2D eigenvalue weighted by molar-refractivity contribution is -0.122. The van der Waals surface area contributed by atoms with Crippen LogP contribution in [0.3, 0.4) is 0 Å². The number of carbonyl (C=O) groups is 3. The number of benzene rings is 4. The van der Waals surface area contributed by atoms with Crippen molar-refractivity contribution >= 4 is 73.6 Å². The van der Waals surface area contributed by atoms with E-state index in [1.54, 1.807) is 12.1 Å². The van der Waals surface area contributed by atoms with E-state index in [0.29, 0.717) is 11.3 Å². The molecule has 0 saturated carbocycles. The molecule has 0 atom stereocenters. The molecule has 0 aliphatic carbocycles. The van der Waals surface area contributed by atoms with Gasteiger partial charge in [-0.25, -0.2) is 4.79 Å². The van der Waals surface area contributed by atoms with Crippen LogP contribution in [0.4, 0.5) is 5.69 Å². The second-order valence-corrected chi connectivity index (χ2v) is 9.73. The standard InChI is InChI=1S/C29H19BrN2O5S/c30-20-11-8-17(9-12-20)16-37-25-13-10-18-4-1-2-7-22(18)23(25)15-24-26(33)31-29(38)32(27(24)34)21-6-3-5-19(14-21)28(35)36/h1-15H,16H2,(H,35,36)(H,31,33,38). The molecule has 9 heteroatoms. The third-order valence-corrected chi connectivity index (χ3v) is 6.79. The number of thiocarbonyl (C=S) groups is 1. The summed E-state index contributed by atoms with van der Waals surface area (Å²) in [5.41, 5.74) is 1.56. The Morgan fingerprint density at radius 2 is 1.76 bits per heavy atom. The van der Waals surface area contributed by atoms with Gasteiger partial charge in [0.1, 0.15) is 17.9 Å². The Hall–Kier alpha value is -4.34. The predicted molar refractivity (Wildman–Crippen MR) is 152 cm³/mol. The highest BCUT2D eigenvalue weighted by Gasteiger charge is 2.35. The summed E-state index contributed by atoms with van der Waals surface area (Å²) in [4.78, 5) is 39.2. The van der Waals surface area contributed by atoms with Gasteiger partial charge in [0.2, 0.25) is 0 Å². The quantitative estimate of drug-likeness (QED) is 0.171. The maximum absolute atomic E-state index is 13.6. The molecular formula is C29H19BrN2O5S. The number of rotatable bonds is 6. The Morgan fingerprint density at radius 1 is 1.00 bits per heavy atom. The Labute approximate surface area is 231 Å². The van der Waals surface area contributed by atoms with Crippen LogP contribution in [0.1, 0.15) is 21.5 Å². The average Bonchev–Trinajstić information content (AvgIpc) is 2.91. The second-order valence-electron chi connectivity index (χ2n) is 8.43. The number of amides is 2. The minimum absolute atomic E-state index is 0.0155. The maximum Gasteiger partial charge on any atom is 0.335 e. The average molecular weight is 587 g/mol. The smallest absolute Gasteiger partial charge is 0.335 e. The van der Waals surface area contributed by atoms with Gasteiger partial charge in [0, 0.05) is 10.0 Å². The van der Waals surface area contributed by atoms with Crippen LogP contribution in [0.2, 0.25) is 0 Å². The molecule has 1 saturated heterocycles. The third-order valence-electron chi connectivity index (χ3n) is 5.98. The summed E-state index contributed by atoms with van der Waals surface area (Å²) in [6.07, 6.45) is 1.49. The number of carboxylic acids is 1. The molecule has 2 amide bonds. The fourth-order valence-electron chi connectivity index (χ4n) is 4.11. The fraction of sp³-hybridized carbons (Fsp3) is 0.0345. The van der Waals surface area contributed by atoms with E-state index in [-0.39, 0.29) is 28.5 Å². The van der Waals surface area contributed by atoms with Crippen LogP contribution < -0.4 is 15.0 Å². The highest BCUT2D eigenvalue weighted by Crippen LogP contribution is 2.32. The van der Waals surface area contributed by atoms with Crippen LogP contribution in [0.5, 0.6) is 5.75 Å². The topological polar surface area (TPSA) is 95.9 Å². The molecule has 5 rings (SSSR count). The number of fused-ring (bicyclic) bond motifs is 1. The van der Waals surface area contributed by atoms with Crippen LogP contribution >= 0.6 is 28.1 Å². The van der Waals surface area contributed by atoms with E-state index in [0.717, 1.165) is 25.7 Å². The minimum atomic E-state index is -1.15. The number of hydrogen-bond acceptors (Lipinski definition) is 5.